The fourth-order valence-corrected chi connectivity index (χ4v) is 2.42. The van der Waals surface area contributed by atoms with Crippen LogP contribution in [0.3, 0.4) is 0 Å². The molecule has 1 aliphatic rings. The van der Waals surface area contributed by atoms with Gasteiger partial charge in [-0.05, 0) is 26.2 Å². The van der Waals surface area contributed by atoms with E-state index in [0.29, 0.717) is 6.54 Å². The Labute approximate surface area is 103 Å². The number of carbonyl (C=O) groups excluding carboxylic acids is 1. The minimum Gasteiger partial charge on any atom is -0.341 e. The molecule has 1 amide bonds. The standard InChI is InChI=1S/C11H22N2O3S/c1-10(12-6-9-17(2,15)16)11(14)13-7-4-3-5-8-13/h10,12H,3-9H2,1-2H3. The van der Waals surface area contributed by atoms with Crippen LogP contribution in [0.25, 0.3) is 0 Å². The molecule has 0 spiro atoms. The summed E-state index contributed by atoms with van der Waals surface area (Å²) < 4.78 is 21.9. The summed E-state index contributed by atoms with van der Waals surface area (Å²) >= 11 is 0. The second-order valence-corrected chi connectivity index (χ2v) is 6.95. The molecule has 1 atom stereocenters. The van der Waals surface area contributed by atoms with Crippen molar-refractivity contribution in [3.8, 4) is 0 Å². The van der Waals surface area contributed by atoms with E-state index in [1.165, 1.54) is 12.7 Å². The van der Waals surface area contributed by atoms with Crippen LogP contribution in [0.5, 0.6) is 0 Å². The molecule has 100 valence electrons. The molecule has 1 rings (SSSR count). The number of hydrogen-bond acceptors (Lipinski definition) is 4. The number of piperidine rings is 1. The van der Waals surface area contributed by atoms with Crippen LogP contribution in [-0.2, 0) is 14.6 Å². The molecule has 1 aliphatic heterocycles. The zero-order valence-electron chi connectivity index (χ0n) is 10.6. The minimum atomic E-state index is -2.96. The molecule has 1 unspecified atom stereocenters. The molecule has 0 aromatic carbocycles. The third-order valence-corrected chi connectivity index (χ3v) is 3.91. The summed E-state index contributed by atoms with van der Waals surface area (Å²) in [7, 11) is -2.96. The third-order valence-electron chi connectivity index (χ3n) is 2.96. The van der Waals surface area contributed by atoms with Crippen molar-refractivity contribution in [3.05, 3.63) is 0 Å². The lowest BCUT2D eigenvalue weighted by atomic mass is 10.1. The number of nitrogens with one attached hydrogen (secondary N) is 1. The van der Waals surface area contributed by atoms with Crippen molar-refractivity contribution in [2.75, 3.05) is 31.6 Å². The van der Waals surface area contributed by atoms with Crippen LogP contribution in [0.4, 0.5) is 0 Å². The molecule has 0 radical (unpaired) electrons. The summed E-state index contributed by atoms with van der Waals surface area (Å²) in [6.45, 7) is 3.78. The van der Waals surface area contributed by atoms with Crippen LogP contribution in [0.2, 0.25) is 0 Å². The molecule has 0 bridgehead atoms. The molecule has 0 aromatic rings. The molecule has 1 N–H and O–H groups in total. The zero-order valence-corrected chi connectivity index (χ0v) is 11.4. The number of rotatable bonds is 5. The highest BCUT2D eigenvalue weighted by molar-refractivity contribution is 7.90. The van der Waals surface area contributed by atoms with E-state index in [0.717, 1.165) is 25.9 Å². The number of carbonyl (C=O) groups is 1. The Hall–Kier alpha value is -0.620. The van der Waals surface area contributed by atoms with E-state index in [9.17, 15) is 13.2 Å². The fourth-order valence-electron chi connectivity index (χ4n) is 1.94. The number of nitrogens with zero attached hydrogens (tertiary/aromatic N) is 1. The van der Waals surface area contributed by atoms with Gasteiger partial charge < -0.3 is 10.2 Å². The molecule has 0 aromatic heterocycles. The van der Waals surface area contributed by atoms with Gasteiger partial charge in [0.15, 0.2) is 0 Å². The molecule has 5 nitrogen and oxygen atoms in total. The summed E-state index contributed by atoms with van der Waals surface area (Å²) in [5.74, 6) is 0.156. The van der Waals surface area contributed by atoms with Gasteiger partial charge in [-0.2, -0.15) is 0 Å². The lowest BCUT2D eigenvalue weighted by Crippen LogP contribution is -2.47. The number of hydrogen-bond donors (Lipinski definition) is 1. The highest BCUT2D eigenvalue weighted by atomic mass is 32.2. The van der Waals surface area contributed by atoms with Gasteiger partial charge in [0.05, 0.1) is 11.8 Å². The van der Waals surface area contributed by atoms with E-state index in [1.54, 1.807) is 6.92 Å². The van der Waals surface area contributed by atoms with Crippen LogP contribution in [-0.4, -0.2) is 56.9 Å². The Morgan fingerprint density at radius 1 is 1.29 bits per heavy atom. The van der Waals surface area contributed by atoms with E-state index in [2.05, 4.69) is 5.32 Å². The predicted molar refractivity (Wildman–Crippen MR) is 67.6 cm³/mol. The first-order chi connectivity index (χ1) is 7.90. The molecule has 1 fully saturated rings. The SMILES string of the molecule is CC(NCCS(C)(=O)=O)C(=O)N1CCCCC1. The Morgan fingerprint density at radius 2 is 1.88 bits per heavy atom. The zero-order chi connectivity index (χ0) is 12.9. The maximum atomic E-state index is 12.0. The molecule has 17 heavy (non-hydrogen) atoms. The Morgan fingerprint density at radius 3 is 2.41 bits per heavy atom. The van der Waals surface area contributed by atoms with Crippen LogP contribution in [0.15, 0.2) is 0 Å². The molecule has 0 aliphatic carbocycles. The third kappa shape index (κ3) is 5.50. The van der Waals surface area contributed by atoms with E-state index in [-0.39, 0.29) is 17.7 Å². The van der Waals surface area contributed by atoms with Gasteiger partial charge in [-0.1, -0.05) is 0 Å². The van der Waals surface area contributed by atoms with Crippen LogP contribution >= 0.6 is 0 Å². The van der Waals surface area contributed by atoms with Gasteiger partial charge in [-0.15, -0.1) is 0 Å². The lowest BCUT2D eigenvalue weighted by molar-refractivity contribution is -0.133. The van der Waals surface area contributed by atoms with E-state index < -0.39 is 9.84 Å². The summed E-state index contributed by atoms with van der Waals surface area (Å²) in [6.07, 6.45) is 4.54. The topological polar surface area (TPSA) is 66.5 Å². The first-order valence-corrected chi connectivity index (χ1v) is 8.16. The highest BCUT2D eigenvalue weighted by Gasteiger charge is 2.21. The summed E-state index contributed by atoms with van der Waals surface area (Å²) in [6, 6.07) is -0.296. The van der Waals surface area contributed by atoms with Gasteiger partial charge in [0.1, 0.15) is 9.84 Å². The van der Waals surface area contributed by atoms with Crippen molar-refractivity contribution in [2.45, 2.75) is 32.2 Å². The Bertz CT molecular complexity index is 348. The van der Waals surface area contributed by atoms with Gasteiger partial charge in [0.2, 0.25) is 5.91 Å². The number of sulfone groups is 1. The maximum absolute atomic E-state index is 12.0. The quantitative estimate of drug-likeness (QED) is 0.758. The van der Waals surface area contributed by atoms with Crippen molar-refractivity contribution in [3.63, 3.8) is 0 Å². The number of likely N-dealkylation sites (tertiary alicyclic amines) is 1. The van der Waals surface area contributed by atoms with E-state index in [4.69, 9.17) is 0 Å². The van der Waals surface area contributed by atoms with Gasteiger partial charge in [0.25, 0.3) is 0 Å². The second kappa shape index (κ2) is 6.35. The summed E-state index contributed by atoms with van der Waals surface area (Å²) in [5.41, 5.74) is 0. The molecular weight excluding hydrogens is 240 g/mol. The largest absolute Gasteiger partial charge is 0.341 e. The van der Waals surface area contributed by atoms with Crippen molar-refractivity contribution in [2.24, 2.45) is 0 Å². The molecule has 1 heterocycles. The van der Waals surface area contributed by atoms with E-state index in [1.807, 2.05) is 4.90 Å². The van der Waals surface area contributed by atoms with Crippen molar-refractivity contribution in [1.82, 2.24) is 10.2 Å². The smallest absolute Gasteiger partial charge is 0.239 e. The molecular formula is C11H22N2O3S. The molecule has 1 saturated heterocycles. The first-order valence-electron chi connectivity index (χ1n) is 6.10. The Balaban J connectivity index is 2.31. The molecule has 6 heteroatoms. The minimum absolute atomic E-state index is 0.0740. The van der Waals surface area contributed by atoms with Gasteiger partial charge in [-0.3, -0.25) is 4.79 Å². The average molecular weight is 262 g/mol. The monoisotopic (exact) mass is 262 g/mol. The average Bonchev–Trinajstić information content (AvgIpc) is 2.27. The normalized spacial score (nSPS) is 19.1. The van der Waals surface area contributed by atoms with Crippen LogP contribution in [0, 0.1) is 0 Å². The summed E-state index contributed by atoms with van der Waals surface area (Å²) in [4.78, 5) is 13.8. The van der Waals surface area contributed by atoms with Crippen molar-refractivity contribution in [1.29, 1.82) is 0 Å². The van der Waals surface area contributed by atoms with Gasteiger partial charge in [0, 0.05) is 25.9 Å². The first kappa shape index (κ1) is 14.4. The van der Waals surface area contributed by atoms with Crippen molar-refractivity contribution < 1.29 is 13.2 Å². The van der Waals surface area contributed by atoms with Crippen LogP contribution in [0.1, 0.15) is 26.2 Å². The fraction of sp³-hybridized carbons (Fsp3) is 0.909. The Kier molecular flexibility index (Phi) is 5.39. The second-order valence-electron chi connectivity index (χ2n) is 4.69. The predicted octanol–water partition coefficient (Wildman–Crippen LogP) is 0.0216. The van der Waals surface area contributed by atoms with E-state index >= 15 is 0 Å². The highest BCUT2D eigenvalue weighted by Crippen LogP contribution is 2.09. The maximum Gasteiger partial charge on any atom is 0.239 e. The van der Waals surface area contributed by atoms with Gasteiger partial charge in [-0.25, -0.2) is 8.42 Å². The number of amides is 1. The van der Waals surface area contributed by atoms with Crippen LogP contribution < -0.4 is 5.32 Å². The molecule has 0 saturated carbocycles. The van der Waals surface area contributed by atoms with Crippen molar-refractivity contribution >= 4 is 15.7 Å². The lowest BCUT2D eigenvalue weighted by Gasteiger charge is -2.29. The summed E-state index contributed by atoms with van der Waals surface area (Å²) in [5, 5.41) is 2.97. The van der Waals surface area contributed by atoms with Gasteiger partial charge >= 0.3 is 0 Å².